The van der Waals surface area contributed by atoms with Crippen LogP contribution in [0.15, 0.2) is 28.9 Å². The van der Waals surface area contributed by atoms with Gasteiger partial charge in [-0.1, -0.05) is 19.9 Å². The normalized spacial score (nSPS) is 10.7. The summed E-state index contributed by atoms with van der Waals surface area (Å²) >= 11 is 3.53. The molecule has 2 rings (SSSR count). The fourth-order valence-electron chi connectivity index (χ4n) is 1.77. The monoisotopic (exact) mass is 349 g/mol. The summed E-state index contributed by atoms with van der Waals surface area (Å²) in [4.78, 5) is 4.41. The molecule has 0 radical (unpaired) electrons. The lowest BCUT2D eigenvalue weighted by molar-refractivity contribution is 0.606. The molecule has 1 heterocycles. The number of nitrogens with one attached hydrogen (secondary N) is 2. The summed E-state index contributed by atoms with van der Waals surface area (Å²) in [6.45, 7) is 7.32. The number of hydrogen-bond acceptors (Lipinski definition) is 5. The van der Waals surface area contributed by atoms with Crippen LogP contribution in [0.1, 0.15) is 25.8 Å². The first-order valence-corrected chi connectivity index (χ1v) is 7.80. The molecule has 21 heavy (non-hydrogen) atoms. The van der Waals surface area contributed by atoms with Crippen LogP contribution in [0.25, 0.3) is 0 Å². The lowest BCUT2D eigenvalue weighted by atomic mass is 10.1. The average Bonchev–Trinajstić information content (AvgIpc) is 2.42. The zero-order valence-corrected chi connectivity index (χ0v) is 14.1. The van der Waals surface area contributed by atoms with Crippen molar-refractivity contribution in [1.82, 2.24) is 15.2 Å². The number of aromatic nitrogens is 3. The van der Waals surface area contributed by atoms with E-state index in [0.29, 0.717) is 11.9 Å². The van der Waals surface area contributed by atoms with Gasteiger partial charge in [-0.15, -0.1) is 5.10 Å². The van der Waals surface area contributed by atoms with E-state index in [-0.39, 0.29) is 0 Å². The van der Waals surface area contributed by atoms with Gasteiger partial charge in [-0.05, 0) is 52.9 Å². The largest absolute Gasteiger partial charge is 0.369 e. The molecule has 0 amide bonds. The predicted molar refractivity (Wildman–Crippen MR) is 89.9 cm³/mol. The Labute approximate surface area is 133 Å². The Kier molecular flexibility index (Phi) is 5.50. The first-order chi connectivity index (χ1) is 10.0. The molecule has 0 aliphatic carbocycles. The van der Waals surface area contributed by atoms with E-state index in [2.05, 4.69) is 55.6 Å². The summed E-state index contributed by atoms with van der Waals surface area (Å²) in [5.41, 5.74) is 2.11. The summed E-state index contributed by atoms with van der Waals surface area (Å²) < 4.78 is 0.976. The van der Waals surface area contributed by atoms with E-state index in [1.54, 1.807) is 6.20 Å². The Morgan fingerprint density at radius 3 is 2.81 bits per heavy atom. The van der Waals surface area contributed by atoms with Gasteiger partial charge in [-0.25, -0.2) is 0 Å². The van der Waals surface area contributed by atoms with Crippen LogP contribution in [0.4, 0.5) is 17.5 Å². The van der Waals surface area contributed by atoms with Gasteiger partial charge < -0.3 is 10.6 Å². The highest BCUT2D eigenvalue weighted by molar-refractivity contribution is 9.10. The van der Waals surface area contributed by atoms with E-state index in [1.807, 2.05) is 25.1 Å². The zero-order chi connectivity index (χ0) is 15.2. The molecule has 0 saturated heterocycles. The van der Waals surface area contributed by atoms with Crippen LogP contribution in [0, 0.1) is 12.8 Å². The van der Waals surface area contributed by atoms with E-state index in [4.69, 9.17) is 0 Å². The molecule has 0 saturated carbocycles. The van der Waals surface area contributed by atoms with Crippen LogP contribution in [0.3, 0.4) is 0 Å². The second-order valence-corrected chi connectivity index (χ2v) is 6.24. The SMILES string of the molecule is Cc1ccc(Nc2nncc(NCCC(C)C)n2)c(Br)c1. The number of nitrogens with zero attached hydrogens (tertiary/aromatic N) is 3. The lowest BCUT2D eigenvalue weighted by Gasteiger charge is -2.10. The molecule has 5 nitrogen and oxygen atoms in total. The van der Waals surface area contributed by atoms with E-state index in [9.17, 15) is 0 Å². The summed E-state index contributed by atoms with van der Waals surface area (Å²) in [6.07, 6.45) is 2.73. The van der Waals surface area contributed by atoms with Crippen LogP contribution in [-0.2, 0) is 0 Å². The van der Waals surface area contributed by atoms with Gasteiger partial charge in [0.05, 0.1) is 11.9 Å². The van der Waals surface area contributed by atoms with Gasteiger partial charge in [0, 0.05) is 11.0 Å². The maximum Gasteiger partial charge on any atom is 0.249 e. The van der Waals surface area contributed by atoms with Crippen molar-refractivity contribution in [2.24, 2.45) is 5.92 Å². The fraction of sp³-hybridized carbons (Fsp3) is 0.400. The molecule has 0 unspecified atom stereocenters. The third-order valence-electron chi connectivity index (χ3n) is 2.96. The van der Waals surface area contributed by atoms with Crippen molar-refractivity contribution < 1.29 is 0 Å². The Morgan fingerprint density at radius 2 is 2.10 bits per heavy atom. The molecule has 2 N–H and O–H groups in total. The predicted octanol–water partition coefficient (Wildman–Crippen LogP) is 4.14. The highest BCUT2D eigenvalue weighted by atomic mass is 79.9. The summed E-state index contributed by atoms with van der Waals surface area (Å²) in [5, 5.41) is 14.4. The first kappa shape index (κ1) is 15.7. The highest BCUT2D eigenvalue weighted by Gasteiger charge is 2.04. The molecule has 112 valence electrons. The number of anilines is 3. The van der Waals surface area contributed by atoms with Crippen LogP contribution in [0.2, 0.25) is 0 Å². The quantitative estimate of drug-likeness (QED) is 0.820. The third-order valence-corrected chi connectivity index (χ3v) is 3.61. The number of rotatable bonds is 6. The lowest BCUT2D eigenvalue weighted by Crippen LogP contribution is -2.08. The van der Waals surface area contributed by atoms with E-state index < -0.39 is 0 Å². The Bertz CT molecular complexity index is 600. The zero-order valence-electron chi connectivity index (χ0n) is 12.5. The molecule has 6 heteroatoms. The smallest absolute Gasteiger partial charge is 0.249 e. The number of hydrogen-bond donors (Lipinski definition) is 2. The molecule has 0 spiro atoms. The van der Waals surface area contributed by atoms with Crippen LogP contribution < -0.4 is 10.6 Å². The maximum absolute atomic E-state index is 4.41. The fourth-order valence-corrected chi connectivity index (χ4v) is 2.36. The second kappa shape index (κ2) is 7.36. The molecule has 1 aromatic heterocycles. The van der Waals surface area contributed by atoms with Gasteiger partial charge in [-0.3, -0.25) is 0 Å². The van der Waals surface area contributed by atoms with Crippen molar-refractivity contribution in [3.8, 4) is 0 Å². The minimum absolute atomic E-state index is 0.481. The molecular weight excluding hydrogens is 330 g/mol. The maximum atomic E-state index is 4.41. The molecule has 1 aromatic carbocycles. The van der Waals surface area contributed by atoms with Gasteiger partial charge in [0.2, 0.25) is 5.95 Å². The van der Waals surface area contributed by atoms with E-state index >= 15 is 0 Å². The Morgan fingerprint density at radius 1 is 1.29 bits per heavy atom. The van der Waals surface area contributed by atoms with Crippen molar-refractivity contribution in [3.05, 3.63) is 34.4 Å². The molecule has 0 aliphatic rings. The molecule has 0 aliphatic heterocycles. The summed E-state index contributed by atoms with van der Waals surface area (Å²) in [6, 6.07) is 6.06. The first-order valence-electron chi connectivity index (χ1n) is 7.01. The van der Waals surface area contributed by atoms with Gasteiger partial charge in [0.1, 0.15) is 0 Å². The molecular formula is C15H20BrN5. The van der Waals surface area contributed by atoms with Crippen molar-refractivity contribution in [2.45, 2.75) is 27.2 Å². The molecule has 0 bridgehead atoms. The Balaban J connectivity index is 2.03. The second-order valence-electron chi connectivity index (χ2n) is 5.38. The van der Waals surface area contributed by atoms with Gasteiger partial charge >= 0.3 is 0 Å². The molecule has 0 fully saturated rings. The van der Waals surface area contributed by atoms with Gasteiger partial charge in [0.25, 0.3) is 0 Å². The van der Waals surface area contributed by atoms with Crippen LogP contribution >= 0.6 is 15.9 Å². The standard InChI is InChI=1S/C15H20BrN5/c1-10(2)6-7-17-14-9-18-21-15(20-14)19-13-5-4-11(3)8-12(13)16/h4-5,8-10H,6-7H2,1-3H3,(H2,17,19,20,21). The topological polar surface area (TPSA) is 62.7 Å². The molecule has 0 atom stereocenters. The number of aryl methyl sites for hydroxylation is 1. The minimum atomic E-state index is 0.481. The summed E-state index contributed by atoms with van der Waals surface area (Å²) in [7, 11) is 0. The van der Waals surface area contributed by atoms with Crippen molar-refractivity contribution in [1.29, 1.82) is 0 Å². The Hall–Kier alpha value is -1.69. The minimum Gasteiger partial charge on any atom is -0.369 e. The van der Waals surface area contributed by atoms with Crippen molar-refractivity contribution >= 4 is 33.4 Å². The van der Waals surface area contributed by atoms with Crippen LogP contribution in [0.5, 0.6) is 0 Å². The molecule has 2 aromatic rings. The van der Waals surface area contributed by atoms with Crippen molar-refractivity contribution in [2.75, 3.05) is 17.2 Å². The third kappa shape index (κ3) is 4.97. The van der Waals surface area contributed by atoms with E-state index in [0.717, 1.165) is 28.9 Å². The number of halogens is 1. The summed E-state index contributed by atoms with van der Waals surface area (Å²) in [5.74, 6) is 1.87. The van der Waals surface area contributed by atoms with Crippen molar-refractivity contribution in [3.63, 3.8) is 0 Å². The van der Waals surface area contributed by atoms with Crippen LogP contribution in [-0.4, -0.2) is 21.7 Å². The average molecular weight is 350 g/mol. The van der Waals surface area contributed by atoms with Gasteiger partial charge in [0.15, 0.2) is 5.82 Å². The number of benzene rings is 1. The van der Waals surface area contributed by atoms with E-state index in [1.165, 1.54) is 5.56 Å². The highest BCUT2D eigenvalue weighted by Crippen LogP contribution is 2.25. The van der Waals surface area contributed by atoms with Gasteiger partial charge in [-0.2, -0.15) is 10.1 Å².